The van der Waals surface area contributed by atoms with Gasteiger partial charge in [-0.15, -0.1) is 0 Å². The van der Waals surface area contributed by atoms with Gasteiger partial charge in [0.15, 0.2) is 5.16 Å². The Morgan fingerprint density at radius 2 is 2.04 bits per heavy atom. The van der Waals surface area contributed by atoms with Crippen LogP contribution in [0.15, 0.2) is 35.6 Å². The minimum Gasteiger partial charge on any atom is -0.324 e. The molecule has 0 N–H and O–H groups in total. The summed E-state index contributed by atoms with van der Waals surface area (Å²) in [6.45, 7) is 7.21. The second-order valence-corrected chi connectivity index (χ2v) is 7.54. The van der Waals surface area contributed by atoms with E-state index >= 15 is 0 Å². The third kappa shape index (κ3) is 3.16. The number of aromatic nitrogens is 4. The highest BCUT2D eigenvalue weighted by Gasteiger charge is 2.21. The molecule has 0 saturated heterocycles. The van der Waals surface area contributed by atoms with Crippen molar-refractivity contribution >= 4 is 22.8 Å². The Kier molecular flexibility index (Phi) is 4.48. The van der Waals surface area contributed by atoms with E-state index < -0.39 is 0 Å². The summed E-state index contributed by atoms with van der Waals surface area (Å²) < 4.78 is 2.36. The molecule has 2 aromatic heterocycles. The highest BCUT2D eigenvalue weighted by molar-refractivity contribution is 7.98. The maximum atomic E-state index is 4.90. The number of fused-ring (bicyclic) bond motifs is 2. The van der Waals surface area contributed by atoms with Gasteiger partial charge in [-0.1, -0.05) is 23.9 Å². The molecular weight excluding hydrogens is 330 g/mol. The third-order valence-electron chi connectivity index (χ3n) is 4.72. The standard InChI is InChI=1S/C19H23N5S/c1-13(2)24-17-7-5-4-6-16(17)21-18(24)12-23-9-8-15-14(11-23)10-20-19(22-15)25-3/h4-7,10,13H,8-9,11-12H2,1-3H3. The zero-order valence-corrected chi connectivity index (χ0v) is 15.8. The molecule has 0 radical (unpaired) electrons. The molecule has 4 rings (SSSR count). The maximum absolute atomic E-state index is 4.90. The molecule has 130 valence electrons. The predicted octanol–water partition coefficient (Wildman–Crippen LogP) is 3.69. The first-order chi connectivity index (χ1) is 12.2. The molecular formula is C19H23N5S. The monoisotopic (exact) mass is 353 g/mol. The molecule has 1 aromatic carbocycles. The molecule has 3 heterocycles. The van der Waals surface area contributed by atoms with Crippen LogP contribution in [-0.2, 0) is 19.5 Å². The van der Waals surface area contributed by atoms with Crippen molar-refractivity contribution in [1.82, 2.24) is 24.4 Å². The predicted molar refractivity (Wildman–Crippen MR) is 102 cm³/mol. The van der Waals surface area contributed by atoms with Gasteiger partial charge in [-0.05, 0) is 32.2 Å². The molecule has 1 aliphatic rings. The Bertz CT molecular complexity index is 902. The Morgan fingerprint density at radius 3 is 2.84 bits per heavy atom. The molecule has 0 amide bonds. The van der Waals surface area contributed by atoms with Gasteiger partial charge in [0.25, 0.3) is 0 Å². The number of hydrogen-bond donors (Lipinski definition) is 0. The van der Waals surface area contributed by atoms with Crippen LogP contribution in [-0.4, -0.2) is 37.2 Å². The fourth-order valence-corrected chi connectivity index (χ4v) is 3.93. The van der Waals surface area contributed by atoms with Crippen molar-refractivity contribution in [1.29, 1.82) is 0 Å². The summed E-state index contributed by atoms with van der Waals surface area (Å²) in [4.78, 5) is 16.4. The summed E-state index contributed by atoms with van der Waals surface area (Å²) in [5.41, 5.74) is 4.75. The van der Waals surface area contributed by atoms with Crippen LogP contribution in [0, 0.1) is 0 Å². The lowest BCUT2D eigenvalue weighted by Crippen LogP contribution is -2.32. The van der Waals surface area contributed by atoms with E-state index in [-0.39, 0.29) is 0 Å². The van der Waals surface area contributed by atoms with Gasteiger partial charge in [-0.3, -0.25) is 4.90 Å². The van der Waals surface area contributed by atoms with E-state index in [2.05, 4.69) is 57.5 Å². The fraction of sp³-hybridized carbons (Fsp3) is 0.421. The lowest BCUT2D eigenvalue weighted by Gasteiger charge is -2.28. The van der Waals surface area contributed by atoms with Crippen LogP contribution in [0.5, 0.6) is 0 Å². The van der Waals surface area contributed by atoms with Crippen LogP contribution < -0.4 is 0 Å². The summed E-state index contributed by atoms with van der Waals surface area (Å²) in [5.74, 6) is 1.14. The van der Waals surface area contributed by atoms with Crippen molar-refractivity contribution < 1.29 is 0 Å². The fourth-order valence-electron chi connectivity index (χ4n) is 3.57. The first kappa shape index (κ1) is 16.5. The maximum Gasteiger partial charge on any atom is 0.187 e. The van der Waals surface area contributed by atoms with Gasteiger partial charge in [-0.2, -0.15) is 0 Å². The summed E-state index contributed by atoms with van der Waals surface area (Å²) in [7, 11) is 0. The number of hydrogen-bond acceptors (Lipinski definition) is 5. The van der Waals surface area contributed by atoms with E-state index in [1.807, 2.05) is 12.5 Å². The number of para-hydroxylation sites is 2. The number of nitrogens with zero attached hydrogens (tertiary/aromatic N) is 5. The Morgan fingerprint density at radius 1 is 1.20 bits per heavy atom. The van der Waals surface area contributed by atoms with Crippen molar-refractivity contribution in [2.45, 2.75) is 44.6 Å². The lowest BCUT2D eigenvalue weighted by atomic mass is 10.1. The Hall–Kier alpha value is -1.92. The van der Waals surface area contributed by atoms with Crippen LogP contribution in [0.4, 0.5) is 0 Å². The smallest absolute Gasteiger partial charge is 0.187 e. The van der Waals surface area contributed by atoms with E-state index in [1.165, 1.54) is 16.8 Å². The van der Waals surface area contributed by atoms with Gasteiger partial charge >= 0.3 is 0 Å². The summed E-state index contributed by atoms with van der Waals surface area (Å²) in [6.07, 6.45) is 4.99. The topological polar surface area (TPSA) is 46.8 Å². The molecule has 0 saturated carbocycles. The first-order valence-electron chi connectivity index (χ1n) is 8.72. The van der Waals surface area contributed by atoms with Crippen molar-refractivity contribution in [3.8, 4) is 0 Å². The molecule has 0 atom stereocenters. The zero-order valence-electron chi connectivity index (χ0n) is 14.9. The first-order valence-corrected chi connectivity index (χ1v) is 9.95. The molecule has 0 aliphatic carbocycles. The summed E-state index contributed by atoms with van der Waals surface area (Å²) in [6, 6.07) is 8.80. The molecule has 0 fully saturated rings. The third-order valence-corrected chi connectivity index (χ3v) is 5.29. The van der Waals surface area contributed by atoms with Crippen LogP contribution in [0.2, 0.25) is 0 Å². The number of rotatable bonds is 4. The molecule has 0 bridgehead atoms. The number of benzene rings is 1. The minimum atomic E-state index is 0.395. The van der Waals surface area contributed by atoms with Gasteiger partial charge in [0.2, 0.25) is 0 Å². The van der Waals surface area contributed by atoms with E-state index in [0.717, 1.165) is 42.6 Å². The molecule has 6 heteroatoms. The molecule has 1 aliphatic heterocycles. The van der Waals surface area contributed by atoms with Gasteiger partial charge in [0.05, 0.1) is 23.3 Å². The molecule has 3 aromatic rings. The normalized spacial score (nSPS) is 15.0. The Balaban J connectivity index is 1.60. The quantitative estimate of drug-likeness (QED) is 0.529. The van der Waals surface area contributed by atoms with Crippen LogP contribution >= 0.6 is 11.8 Å². The zero-order chi connectivity index (χ0) is 17.4. The molecule has 5 nitrogen and oxygen atoms in total. The molecule has 0 spiro atoms. The van der Waals surface area contributed by atoms with E-state index in [1.54, 1.807) is 11.8 Å². The average Bonchev–Trinajstić information content (AvgIpc) is 2.99. The molecule has 25 heavy (non-hydrogen) atoms. The van der Waals surface area contributed by atoms with Crippen molar-refractivity contribution in [3.63, 3.8) is 0 Å². The minimum absolute atomic E-state index is 0.395. The second-order valence-electron chi connectivity index (χ2n) is 6.77. The lowest BCUT2D eigenvalue weighted by molar-refractivity contribution is 0.232. The van der Waals surface area contributed by atoms with Gasteiger partial charge in [0.1, 0.15) is 5.82 Å². The highest BCUT2D eigenvalue weighted by atomic mass is 32.2. The Labute approximate surface area is 152 Å². The van der Waals surface area contributed by atoms with Crippen LogP contribution in [0.3, 0.4) is 0 Å². The van der Waals surface area contributed by atoms with E-state index in [4.69, 9.17) is 4.98 Å². The van der Waals surface area contributed by atoms with Crippen molar-refractivity contribution in [2.75, 3.05) is 12.8 Å². The average molecular weight is 353 g/mol. The van der Waals surface area contributed by atoms with Gasteiger partial charge < -0.3 is 4.57 Å². The highest BCUT2D eigenvalue weighted by Crippen LogP contribution is 2.24. The summed E-state index contributed by atoms with van der Waals surface area (Å²) >= 11 is 1.60. The SMILES string of the molecule is CSc1ncc2c(n1)CCN(Cc1nc3ccccc3n1C(C)C)C2. The van der Waals surface area contributed by atoms with Crippen LogP contribution in [0.25, 0.3) is 11.0 Å². The molecule has 0 unspecified atom stereocenters. The van der Waals surface area contributed by atoms with Gasteiger partial charge in [0, 0.05) is 37.3 Å². The number of thioether (sulfide) groups is 1. The van der Waals surface area contributed by atoms with Gasteiger partial charge in [-0.25, -0.2) is 15.0 Å². The van der Waals surface area contributed by atoms with Crippen molar-refractivity contribution in [2.24, 2.45) is 0 Å². The van der Waals surface area contributed by atoms with E-state index in [9.17, 15) is 0 Å². The summed E-state index contributed by atoms with van der Waals surface area (Å²) in [5, 5.41) is 0.869. The largest absolute Gasteiger partial charge is 0.324 e. The van der Waals surface area contributed by atoms with E-state index in [0.29, 0.717) is 6.04 Å². The number of imidazole rings is 1. The van der Waals surface area contributed by atoms with Crippen LogP contribution in [0.1, 0.15) is 37.0 Å². The van der Waals surface area contributed by atoms with Crippen molar-refractivity contribution in [3.05, 3.63) is 47.5 Å². The second kappa shape index (κ2) is 6.77.